The largest absolute Gasteiger partial charge is 0.385 e. The zero-order chi connectivity index (χ0) is 19.1. The second-order valence-corrected chi connectivity index (χ2v) is 9.01. The van der Waals surface area contributed by atoms with E-state index in [-0.39, 0.29) is 16.2 Å². The second kappa shape index (κ2) is 6.50. The van der Waals surface area contributed by atoms with E-state index in [1.54, 1.807) is 12.1 Å². The van der Waals surface area contributed by atoms with E-state index in [4.69, 9.17) is 5.14 Å². The first-order valence-corrected chi connectivity index (χ1v) is 9.78. The number of hydrogen-bond acceptors (Lipinski definition) is 3. The Morgan fingerprint density at radius 1 is 1.15 bits per heavy atom. The molecule has 0 aromatic heterocycles. The number of hydrogen-bond donors (Lipinski definition) is 2. The van der Waals surface area contributed by atoms with Crippen molar-refractivity contribution in [2.45, 2.75) is 24.7 Å². The van der Waals surface area contributed by atoms with Gasteiger partial charge in [-0.2, -0.15) is 0 Å². The van der Waals surface area contributed by atoms with Crippen molar-refractivity contribution in [3.05, 3.63) is 59.7 Å². The molecule has 7 heteroatoms. The summed E-state index contributed by atoms with van der Waals surface area (Å²) in [5, 5.41) is 9.96. The van der Waals surface area contributed by atoms with Crippen LogP contribution in [0.3, 0.4) is 0 Å². The monoisotopic (exact) mass is 378 g/mol. The average Bonchev–Trinajstić information content (AvgIpc) is 3.16. The summed E-state index contributed by atoms with van der Waals surface area (Å²) in [5.41, 5.74) is 1.61. The number of halogens is 2. The summed E-state index contributed by atoms with van der Waals surface area (Å²) in [6.45, 7) is 4.88. The van der Waals surface area contributed by atoms with E-state index in [1.165, 1.54) is 11.3 Å². The van der Waals surface area contributed by atoms with Gasteiger partial charge < -0.3 is 5.32 Å². The Kier molecular flexibility index (Phi) is 4.65. The molecule has 2 aromatic rings. The highest BCUT2D eigenvalue weighted by molar-refractivity contribution is 7.98. The molecule has 0 radical (unpaired) electrons. The molecule has 0 aliphatic heterocycles. The molecule has 1 fully saturated rings. The molecule has 0 spiro atoms. The van der Waals surface area contributed by atoms with Crippen molar-refractivity contribution in [1.29, 1.82) is 0 Å². The van der Waals surface area contributed by atoms with Crippen LogP contribution in [0, 0.1) is 23.0 Å². The van der Waals surface area contributed by atoms with Gasteiger partial charge in [-0.3, -0.25) is 0 Å². The molecule has 0 bridgehead atoms. The number of carbonyl (C=O) groups excluding carboxylic acids is 1. The normalized spacial score (nSPS) is 23.0. The predicted molar refractivity (Wildman–Crippen MR) is 97.6 cm³/mol. The van der Waals surface area contributed by atoms with Crippen LogP contribution in [0.2, 0.25) is 0 Å². The van der Waals surface area contributed by atoms with Gasteiger partial charge in [0, 0.05) is 12.2 Å². The third-order valence-corrected chi connectivity index (χ3v) is 6.43. The molecule has 3 rings (SSSR count). The maximum atomic E-state index is 13.3. The first kappa shape index (κ1) is 18.6. The van der Waals surface area contributed by atoms with Crippen LogP contribution in [0.5, 0.6) is 0 Å². The molecule has 0 heterocycles. The highest BCUT2D eigenvalue weighted by Gasteiger charge is 2.57. The molecular formula is C19H20F2N2O2S. The van der Waals surface area contributed by atoms with Crippen LogP contribution >= 0.6 is 0 Å². The first-order valence-electron chi connectivity index (χ1n) is 8.16. The van der Waals surface area contributed by atoms with Gasteiger partial charge in [-0.25, -0.2) is 22.9 Å². The lowest BCUT2D eigenvalue weighted by Crippen LogP contribution is -2.13. The summed E-state index contributed by atoms with van der Waals surface area (Å²) < 4.78 is 38.1. The fourth-order valence-electron chi connectivity index (χ4n) is 3.55. The van der Waals surface area contributed by atoms with Crippen molar-refractivity contribution >= 4 is 20.6 Å². The summed E-state index contributed by atoms with van der Waals surface area (Å²) in [4.78, 5) is 11.0. The van der Waals surface area contributed by atoms with Gasteiger partial charge in [0.2, 0.25) is 5.23 Å². The summed E-state index contributed by atoms with van der Waals surface area (Å²) in [5.74, 6) is -1.21. The molecule has 0 amide bonds. The van der Waals surface area contributed by atoms with E-state index >= 15 is 0 Å². The fraction of sp³-hybridized carbons (Fsp3) is 0.316. The van der Waals surface area contributed by atoms with Crippen LogP contribution < -0.4 is 10.5 Å². The average molecular weight is 378 g/mol. The van der Waals surface area contributed by atoms with E-state index in [9.17, 15) is 17.8 Å². The second-order valence-electron chi connectivity index (χ2n) is 7.17. The molecule has 2 aromatic carbocycles. The molecular weight excluding hydrogens is 358 g/mol. The Labute approximate surface area is 151 Å². The van der Waals surface area contributed by atoms with Crippen LogP contribution in [0.1, 0.15) is 25.3 Å². The van der Waals surface area contributed by atoms with Crippen molar-refractivity contribution in [1.82, 2.24) is 0 Å². The van der Waals surface area contributed by atoms with Crippen molar-refractivity contribution in [2.24, 2.45) is 16.5 Å². The Morgan fingerprint density at radius 3 is 2.38 bits per heavy atom. The molecule has 3 unspecified atom stereocenters. The standard InChI is InChI=1S/C19H20F2N2O2S/c1-19(2)15(10-23-13-5-8-16(20)17(21)9-13)18(19)12-3-6-14(7-4-12)26(22,25)11-24/h3-9,15,18,23H,10H2,1-2H3,(H2,22,25). The summed E-state index contributed by atoms with van der Waals surface area (Å²) in [6.07, 6.45) is 0. The van der Waals surface area contributed by atoms with E-state index < -0.39 is 21.3 Å². The minimum atomic E-state index is -3.25. The lowest BCUT2D eigenvalue weighted by atomic mass is 10.0. The lowest BCUT2D eigenvalue weighted by Gasteiger charge is -2.07. The molecule has 4 nitrogen and oxygen atoms in total. The van der Waals surface area contributed by atoms with Gasteiger partial charge in [0.1, 0.15) is 9.71 Å². The van der Waals surface area contributed by atoms with Crippen LogP contribution in [-0.4, -0.2) is 16.0 Å². The lowest BCUT2D eigenvalue weighted by molar-refractivity contribution is 0.509. The summed E-state index contributed by atoms with van der Waals surface area (Å²) >= 11 is 0. The van der Waals surface area contributed by atoms with Gasteiger partial charge in [0.15, 0.2) is 11.6 Å². The highest BCUT2D eigenvalue weighted by Crippen LogP contribution is 2.64. The van der Waals surface area contributed by atoms with Gasteiger partial charge in [-0.05, 0) is 53.1 Å². The SMILES string of the molecule is CC1(C)C(CNc2ccc(F)c(F)c2)C1c1ccc(S(N)(=O)=C=O)cc1. The quantitative estimate of drug-likeness (QED) is 0.784. The fourth-order valence-corrected chi connectivity index (χ4v) is 4.18. The number of benzene rings is 2. The van der Waals surface area contributed by atoms with Gasteiger partial charge in [0.25, 0.3) is 0 Å². The Balaban J connectivity index is 1.72. The van der Waals surface area contributed by atoms with Gasteiger partial charge >= 0.3 is 0 Å². The summed E-state index contributed by atoms with van der Waals surface area (Å²) in [7, 11) is -3.25. The molecule has 1 aliphatic carbocycles. The molecule has 3 atom stereocenters. The van der Waals surface area contributed by atoms with Crippen LogP contribution in [-0.2, 0) is 14.5 Å². The molecule has 1 aliphatic rings. The zero-order valence-electron chi connectivity index (χ0n) is 14.5. The van der Waals surface area contributed by atoms with E-state index in [0.717, 1.165) is 17.7 Å². The first-order chi connectivity index (χ1) is 12.2. The third-order valence-electron chi connectivity index (χ3n) is 5.21. The van der Waals surface area contributed by atoms with Crippen molar-refractivity contribution in [3.8, 4) is 0 Å². The number of anilines is 1. The molecule has 1 saturated carbocycles. The molecule has 138 valence electrons. The minimum Gasteiger partial charge on any atom is -0.385 e. The van der Waals surface area contributed by atoms with E-state index in [2.05, 4.69) is 19.2 Å². The van der Waals surface area contributed by atoms with E-state index in [0.29, 0.717) is 18.2 Å². The molecule has 0 saturated heterocycles. The summed E-state index contributed by atoms with van der Waals surface area (Å²) in [6, 6.07) is 10.6. The molecule has 3 N–H and O–H groups in total. The number of nitrogens with two attached hydrogens (primary N) is 1. The maximum absolute atomic E-state index is 13.3. The zero-order valence-corrected chi connectivity index (χ0v) is 15.3. The minimum absolute atomic E-state index is 0.0218. The van der Waals surface area contributed by atoms with Crippen molar-refractivity contribution < 1.29 is 17.8 Å². The van der Waals surface area contributed by atoms with Crippen LogP contribution in [0.25, 0.3) is 0 Å². The van der Waals surface area contributed by atoms with Gasteiger partial charge in [-0.1, -0.05) is 26.0 Å². The van der Waals surface area contributed by atoms with Crippen LogP contribution in [0.4, 0.5) is 14.5 Å². The number of rotatable bonds is 5. The Morgan fingerprint density at radius 2 is 1.81 bits per heavy atom. The maximum Gasteiger partial charge on any atom is 0.205 e. The van der Waals surface area contributed by atoms with E-state index in [1.807, 2.05) is 12.1 Å². The number of nitrogens with one attached hydrogen (secondary N) is 1. The Hall–Kier alpha value is -2.21. The highest BCUT2D eigenvalue weighted by atomic mass is 32.2. The Bertz CT molecular complexity index is 976. The topological polar surface area (TPSA) is 72.2 Å². The van der Waals surface area contributed by atoms with Crippen LogP contribution in [0.15, 0.2) is 47.4 Å². The molecule has 26 heavy (non-hydrogen) atoms. The van der Waals surface area contributed by atoms with Gasteiger partial charge in [-0.15, -0.1) is 0 Å². The predicted octanol–water partition coefficient (Wildman–Crippen LogP) is 3.40. The van der Waals surface area contributed by atoms with Crippen molar-refractivity contribution in [2.75, 3.05) is 11.9 Å². The third kappa shape index (κ3) is 3.38. The van der Waals surface area contributed by atoms with Crippen molar-refractivity contribution in [3.63, 3.8) is 0 Å². The smallest absolute Gasteiger partial charge is 0.205 e. The van der Waals surface area contributed by atoms with Gasteiger partial charge in [0.05, 0.1) is 4.90 Å².